The number of aryl methyl sites for hydroxylation is 1. The highest BCUT2D eigenvalue weighted by Crippen LogP contribution is 2.43. The van der Waals surface area contributed by atoms with Gasteiger partial charge in [-0.05, 0) is 81.4 Å². The van der Waals surface area contributed by atoms with E-state index in [0.717, 1.165) is 56.1 Å². The molecule has 0 amide bonds. The van der Waals surface area contributed by atoms with Gasteiger partial charge in [-0.1, -0.05) is 146 Å². The van der Waals surface area contributed by atoms with Gasteiger partial charge in [0.1, 0.15) is 17.1 Å². The van der Waals surface area contributed by atoms with Crippen molar-refractivity contribution in [3.8, 4) is 28.3 Å². The van der Waals surface area contributed by atoms with Crippen LogP contribution in [0.15, 0.2) is 169 Å². The van der Waals surface area contributed by atoms with Crippen LogP contribution >= 0.6 is 11.8 Å². The Morgan fingerprint density at radius 1 is 0.712 bits per heavy atom. The molecule has 0 saturated heterocycles. The molecule has 0 fully saturated rings. The summed E-state index contributed by atoms with van der Waals surface area (Å²) in [4.78, 5) is 19.5. The lowest BCUT2D eigenvalue weighted by Crippen LogP contribution is -2.39. The highest BCUT2D eigenvalue weighted by molar-refractivity contribution is 7.98. The van der Waals surface area contributed by atoms with Crippen LogP contribution in [-0.4, -0.2) is 47.4 Å². The number of thioether (sulfide) groups is 1. The van der Waals surface area contributed by atoms with Crippen molar-refractivity contribution in [2.75, 3.05) is 6.61 Å². The average molecular weight is 797 g/mol. The lowest BCUT2D eigenvalue weighted by molar-refractivity contribution is 0.0513. The van der Waals surface area contributed by atoms with E-state index in [1.54, 1.807) is 23.9 Å². The Kier molecular flexibility index (Phi) is 11.8. The van der Waals surface area contributed by atoms with Crippen molar-refractivity contribution < 1.29 is 14.6 Å². The minimum Gasteiger partial charge on any atom is -0.508 e. The number of imidazole rings is 1. The molecule has 0 saturated carbocycles. The zero-order valence-corrected chi connectivity index (χ0v) is 33.8. The molecule has 294 valence electrons. The first kappa shape index (κ1) is 39.1. The van der Waals surface area contributed by atoms with Gasteiger partial charge in [-0.3, -0.25) is 0 Å². The predicted octanol–water partition coefficient (Wildman–Crippen LogP) is 10.2. The SMILES string of the molecule is CCCc1nc(CSc2ccc(O)cc2)c(C(=O)OCC)n1Cc1ccc(-c2ccccc2-c2nnnn2C(c2ccccc2)(c2ccccc2)c2ccccc2)cc1. The minimum absolute atomic E-state index is 0.210. The fourth-order valence-electron chi connectivity index (χ4n) is 7.75. The zero-order valence-electron chi connectivity index (χ0n) is 33.0. The molecule has 2 aromatic heterocycles. The topological polar surface area (TPSA) is 108 Å². The third-order valence-corrected chi connectivity index (χ3v) is 11.4. The van der Waals surface area contributed by atoms with E-state index in [9.17, 15) is 9.90 Å². The molecule has 8 rings (SSSR count). The van der Waals surface area contributed by atoms with Crippen molar-refractivity contribution in [2.45, 2.75) is 49.4 Å². The lowest BCUT2D eigenvalue weighted by atomic mass is 9.77. The van der Waals surface area contributed by atoms with E-state index >= 15 is 0 Å². The fourth-order valence-corrected chi connectivity index (χ4v) is 8.58. The van der Waals surface area contributed by atoms with E-state index in [2.05, 4.69) is 121 Å². The van der Waals surface area contributed by atoms with Crippen LogP contribution in [0, 0.1) is 0 Å². The number of esters is 1. The second-order valence-electron chi connectivity index (χ2n) is 14.1. The van der Waals surface area contributed by atoms with E-state index in [-0.39, 0.29) is 18.3 Å². The molecule has 0 aliphatic carbocycles. The maximum atomic E-state index is 13.6. The number of aromatic nitrogens is 6. The van der Waals surface area contributed by atoms with Gasteiger partial charge in [0.2, 0.25) is 0 Å². The van der Waals surface area contributed by atoms with Crippen molar-refractivity contribution in [3.63, 3.8) is 0 Å². The van der Waals surface area contributed by atoms with Crippen molar-refractivity contribution in [2.24, 2.45) is 0 Å². The first-order valence-electron chi connectivity index (χ1n) is 19.8. The smallest absolute Gasteiger partial charge is 0.356 e. The van der Waals surface area contributed by atoms with E-state index in [1.165, 1.54) is 0 Å². The maximum Gasteiger partial charge on any atom is 0.356 e. The zero-order chi connectivity index (χ0) is 40.6. The first-order chi connectivity index (χ1) is 29.0. The van der Waals surface area contributed by atoms with Crippen molar-refractivity contribution in [1.29, 1.82) is 0 Å². The van der Waals surface area contributed by atoms with Gasteiger partial charge in [0, 0.05) is 29.2 Å². The number of tetrazole rings is 1. The Labute approximate surface area is 348 Å². The molecule has 0 aliphatic rings. The van der Waals surface area contributed by atoms with Crippen LogP contribution in [0.1, 0.15) is 64.5 Å². The molecule has 8 aromatic rings. The number of phenolic OH excluding ortho intramolecular Hbond substituents is 1. The Bertz CT molecular complexity index is 2530. The second-order valence-corrected chi connectivity index (χ2v) is 15.2. The van der Waals surface area contributed by atoms with Gasteiger partial charge < -0.3 is 14.4 Å². The Balaban J connectivity index is 1.18. The summed E-state index contributed by atoms with van der Waals surface area (Å²) in [5, 5.41) is 23.6. The molecule has 59 heavy (non-hydrogen) atoms. The third-order valence-electron chi connectivity index (χ3n) is 10.4. The summed E-state index contributed by atoms with van der Waals surface area (Å²) in [6.07, 6.45) is 1.59. The Hall–Kier alpha value is -6.78. The summed E-state index contributed by atoms with van der Waals surface area (Å²) in [5.41, 5.74) is 7.24. The van der Waals surface area contributed by atoms with Crippen molar-refractivity contribution >= 4 is 17.7 Å². The Morgan fingerprint density at radius 3 is 1.86 bits per heavy atom. The van der Waals surface area contributed by atoms with Gasteiger partial charge in [-0.2, -0.15) is 0 Å². The van der Waals surface area contributed by atoms with E-state index in [1.807, 2.05) is 58.6 Å². The van der Waals surface area contributed by atoms with Crippen LogP contribution in [0.2, 0.25) is 0 Å². The summed E-state index contributed by atoms with van der Waals surface area (Å²) in [7, 11) is 0. The van der Waals surface area contributed by atoms with Gasteiger partial charge in [-0.25, -0.2) is 14.5 Å². The van der Waals surface area contributed by atoms with Gasteiger partial charge >= 0.3 is 5.97 Å². The second kappa shape index (κ2) is 17.8. The van der Waals surface area contributed by atoms with Crippen LogP contribution in [0.5, 0.6) is 5.75 Å². The molecule has 6 aromatic carbocycles. The Morgan fingerprint density at radius 2 is 1.29 bits per heavy atom. The summed E-state index contributed by atoms with van der Waals surface area (Å²) < 4.78 is 9.57. The standard InChI is InChI=1S/C49H44N6O3S/c1-3-16-45-50-44(34-59-41-31-29-40(56)30-32-41)46(48(57)58-4-2)54(45)33-35-25-27-36(28-26-35)42-23-14-15-24-43(42)47-51-52-53-55(47)49(37-17-8-5-9-18-37,38-19-10-6-11-20-38)39-21-12-7-13-22-39/h5-15,17-32,56H,3-4,16,33-34H2,1-2H3. The number of ether oxygens (including phenoxy) is 1. The minimum atomic E-state index is -0.890. The number of carbonyl (C=O) groups excluding carboxylic acids is 1. The highest BCUT2D eigenvalue weighted by Gasteiger charge is 2.42. The number of phenols is 1. The molecule has 0 radical (unpaired) electrons. The molecule has 0 spiro atoms. The number of nitrogens with zero attached hydrogens (tertiary/aromatic N) is 6. The van der Waals surface area contributed by atoms with E-state index < -0.39 is 5.54 Å². The molecule has 9 nitrogen and oxygen atoms in total. The fraction of sp³-hybridized carbons (Fsp3) is 0.163. The number of aromatic hydroxyl groups is 1. The normalized spacial score (nSPS) is 11.4. The van der Waals surface area contributed by atoms with Crippen LogP contribution in [0.25, 0.3) is 22.5 Å². The number of carbonyl (C=O) groups is 1. The largest absolute Gasteiger partial charge is 0.508 e. The van der Waals surface area contributed by atoms with Crippen LogP contribution in [0.3, 0.4) is 0 Å². The van der Waals surface area contributed by atoms with Crippen molar-refractivity contribution in [1.82, 2.24) is 29.8 Å². The number of benzene rings is 6. The van der Waals surface area contributed by atoms with Gasteiger partial charge in [0.25, 0.3) is 0 Å². The van der Waals surface area contributed by atoms with Gasteiger partial charge in [-0.15, -0.1) is 16.9 Å². The van der Waals surface area contributed by atoms with Crippen LogP contribution < -0.4 is 0 Å². The number of hydrogen-bond acceptors (Lipinski definition) is 8. The van der Waals surface area contributed by atoms with Crippen LogP contribution in [0.4, 0.5) is 0 Å². The third kappa shape index (κ3) is 7.91. The molecular weight excluding hydrogens is 753 g/mol. The lowest BCUT2D eigenvalue weighted by Gasteiger charge is -2.36. The molecule has 1 N–H and O–H groups in total. The van der Waals surface area contributed by atoms with E-state index in [4.69, 9.17) is 20.0 Å². The maximum absolute atomic E-state index is 13.6. The molecular formula is C49H44N6O3S. The summed E-state index contributed by atoms with van der Waals surface area (Å²) in [5.74, 6) is 1.78. The summed E-state index contributed by atoms with van der Waals surface area (Å²) in [6, 6.07) is 54.9. The predicted molar refractivity (Wildman–Crippen MR) is 232 cm³/mol. The summed E-state index contributed by atoms with van der Waals surface area (Å²) in [6.45, 7) is 4.64. The van der Waals surface area contributed by atoms with Gasteiger partial charge in [0.05, 0.1) is 12.3 Å². The van der Waals surface area contributed by atoms with E-state index in [0.29, 0.717) is 35.9 Å². The van der Waals surface area contributed by atoms with Gasteiger partial charge in [0.15, 0.2) is 11.5 Å². The molecule has 0 atom stereocenters. The molecule has 0 unspecified atom stereocenters. The number of rotatable bonds is 15. The monoisotopic (exact) mass is 796 g/mol. The number of hydrogen-bond donors (Lipinski definition) is 1. The highest BCUT2D eigenvalue weighted by atomic mass is 32.2. The molecule has 10 heteroatoms. The molecule has 0 bridgehead atoms. The molecule has 2 heterocycles. The average Bonchev–Trinajstić information content (AvgIpc) is 3.91. The van der Waals surface area contributed by atoms with Crippen molar-refractivity contribution in [3.05, 3.63) is 203 Å². The first-order valence-corrected chi connectivity index (χ1v) is 20.8. The summed E-state index contributed by atoms with van der Waals surface area (Å²) >= 11 is 1.57. The van der Waals surface area contributed by atoms with Crippen LogP contribution in [-0.2, 0) is 29.0 Å². The molecule has 0 aliphatic heterocycles. The quantitative estimate of drug-likeness (QED) is 0.0621.